The summed E-state index contributed by atoms with van der Waals surface area (Å²) in [6.45, 7) is 0. The number of benzene rings is 6. The van der Waals surface area contributed by atoms with Crippen LogP contribution in [0.2, 0.25) is 0 Å². The highest BCUT2D eigenvalue weighted by Gasteiger charge is 2.19. The highest BCUT2D eigenvalue weighted by atomic mass is 16.5. The van der Waals surface area contributed by atoms with Gasteiger partial charge < -0.3 is 50.0 Å². The summed E-state index contributed by atoms with van der Waals surface area (Å²) in [7, 11) is 0. The lowest BCUT2D eigenvalue weighted by molar-refractivity contribution is -0.566. The second-order valence-corrected chi connectivity index (χ2v) is 10.7. The summed E-state index contributed by atoms with van der Waals surface area (Å²) in [6.07, 6.45) is 0. The minimum Gasteiger partial charge on any atom is -0.872 e. The normalized spacial score (nSPS) is 11.1. The highest BCUT2D eigenvalue weighted by molar-refractivity contribution is 5.78. The van der Waals surface area contributed by atoms with Gasteiger partial charge in [-0.1, -0.05) is 12.1 Å². The van der Waals surface area contributed by atoms with Crippen LogP contribution in [0, 0.1) is 5.21 Å². The molecule has 14 heteroatoms. The van der Waals surface area contributed by atoms with Crippen molar-refractivity contribution >= 4 is 33.6 Å². The third-order valence-corrected chi connectivity index (χ3v) is 7.26. The van der Waals surface area contributed by atoms with Gasteiger partial charge >= 0.3 is 0 Å². The van der Waals surface area contributed by atoms with Crippen LogP contribution in [0.25, 0.3) is 45.1 Å². The first-order valence-electron chi connectivity index (χ1n) is 14.5. The molecular weight excluding hydrogens is 650 g/mol. The fraction of sp³-hybridized carbons (Fsp3) is 0. The summed E-state index contributed by atoms with van der Waals surface area (Å²) in [5.74, 6) is 1.46. The molecule has 0 saturated heterocycles. The Labute approximate surface area is 280 Å². The number of hydrogen-bond acceptors (Lipinski definition) is 12. The molecule has 0 aromatic heterocycles. The third kappa shape index (κ3) is 6.58. The molecule has 3 aliphatic heterocycles. The number of aromatic nitrogens is 2. The number of nitrogens with one attached hydrogen (secondary N) is 1. The molecule has 14 nitrogen and oxygen atoms in total. The number of phenols is 2. The van der Waals surface area contributed by atoms with Crippen molar-refractivity contribution in [2.45, 2.75) is 0 Å². The molecule has 0 bridgehead atoms. The summed E-state index contributed by atoms with van der Waals surface area (Å²) in [5, 5.41) is 56.0. The maximum Gasteiger partial charge on any atom is 0.260 e. The van der Waals surface area contributed by atoms with E-state index in [-0.39, 0.29) is 56.4 Å². The predicted molar refractivity (Wildman–Crippen MR) is 177 cm³/mol. The van der Waals surface area contributed by atoms with Crippen LogP contribution >= 0.6 is 0 Å². The molecule has 0 radical (unpaired) electrons. The van der Waals surface area contributed by atoms with Crippen molar-refractivity contribution in [2.75, 3.05) is 5.32 Å². The van der Waals surface area contributed by atoms with Gasteiger partial charge in [0.15, 0.2) is 28.0 Å². The monoisotopic (exact) mass is 673 g/mol. The molecular formula is C36H23N3O11-2. The topological polar surface area (TPSA) is 240 Å². The Morgan fingerprint density at radius 1 is 0.640 bits per heavy atom. The Morgan fingerprint density at radius 3 is 2.06 bits per heavy atom. The lowest BCUT2D eigenvalue weighted by Gasteiger charge is -2.23. The van der Waals surface area contributed by atoms with E-state index in [0.29, 0.717) is 44.3 Å². The standard InChI is InChI=1S/C12H7NO4.C12H9NO3.C12H7NO3.H2O/c14-7-1-3-9-11(5-7)17-12-6-8(15)2-4-10(12)13(9)16;2*14-7-1-3-9-11(5-7)16-12-6-8(15)2-4-10(12)13-9;/h1-6,14H;1-6,13-15H;1-6,14H;1H2/p-2. The van der Waals surface area contributed by atoms with Crippen LogP contribution in [0.1, 0.15) is 0 Å². The van der Waals surface area contributed by atoms with Crippen LogP contribution < -0.4 is 35.9 Å². The second-order valence-electron chi connectivity index (χ2n) is 10.7. The van der Waals surface area contributed by atoms with Gasteiger partial charge in [-0.15, -0.1) is 11.5 Å². The molecule has 0 fully saturated rings. The molecule has 2 aliphatic carbocycles. The van der Waals surface area contributed by atoms with Gasteiger partial charge in [-0.2, -0.15) is 4.73 Å². The smallest absolute Gasteiger partial charge is 0.260 e. The fourth-order valence-electron chi connectivity index (χ4n) is 4.98. The van der Waals surface area contributed by atoms with Crippen molar-refractivity contribution in [1.29, 1.82) is 0 Å². The summed E-state index contributed by atoms with van der Waals surface area (Å²) in [6, 6.07) is 26.3. The number of rotatable bonds is 0. The van der Waals surface area contributed by atoms with Crippen LogP contribution in [0.5, 0.6) is 34.5 Å². The van der Waals surface area contributed by atoms with E-state index in [1.54, 1.807) is 30.3 Å². The molecule has 0 saturated carbocycles. The minimum atomic E-state index is -0.235. The Kier molecular flexibility index (Phi) is 8.52. The molecule has 9 rings (SSSR count). The van der Waals surface area contributed by atoms with E-state index in [1.165, 1.54) is 78.9 Å². The quantitative estimate of drug-likeness (QED) is 0.0892. The molecule has 250 valence electrons. The van der Waals surface area contributed by atoms with Gasteiger partial charge in [-0.25, -0.2) is 4.98 Å². The number of nitrogens with zero attached hydrogens (tertiary/aromatic N) is 2. The number of hydrogen-bond donors (Lipinski definition) is 3. The molecule has 0 spiro atoms. The Bertz CT molecular complexity index is 2530. The largest absolute Gasteiger partial charge is 0.872 e. The van der Waals surface area contributed by atoms with E-state index < -0.39 is 0 Å². The molecule has 4 aromatic rings. The van der Waals surface area contributed by atoms with E-state index >= 15 is 0 Å². The number of ether oxygens (including phenoxy) is 1. The average Bonchev–Trinajstić information content (AvgIpc) is 3.07. The molecule has 4 aromatic carbocycles. The van der Waals surface area contributed by atoms with Crippen LogP contribution in [0.3, 0.4) is 0 Å². The van der Waals surface area contributed by atoms with Gasteiger partial charge in [0.1, 0.15) is 28.5 Å². The van der Waals surface area contributed by atoms with E-state index in [0.717, 1.165) is 11.4 Å². The van der Waals surface area contributed by atoms with Crippen molar-refractivity contribution in [3.8, 4) is 57.4 Å². The zero-order valence-corrected chi connectivity index (χ0v) is 25.4. The molecule has 0 amide bonds. The zero-order chi connectivity index (χ0) is 34.2. The molecule has 50 heavy (non-hydrogen) atoms. The van der Waals surface area contributed by atoms with Crippen LogP contribution in [0.15, 0.2) is 128 Å². The Morgan fingerprint density at radius 2 is 1.26 bits per heavy atom. The van der Waals surface area contributed by atoms with Crippen molar-refractivity contribution in [3.05, 3.63) is 135 Å². The van der Waals surface area contributed by atoms with Gasteiger partial charge in [0.2, 0.25) is 11.3 Å². The lowest BCUT2D eigenvalue weighted by atomic mass is 10.2. The first-order chi connectivity index (χ1) is 23.6. The third-order valence-electron chi connectivity index (χ3n) is 7.26. The molecule has 3 heterocycles. The lowest BCUT2D eigenvalue weighted by Crippen LogP contribution is -2.31. The van der Waals surface area contributed by atoms with Gasteiger partial charge in [-0.05, 0) is 60.7 Å². The van der Waals surface area contributed by atoms with Gasteiger partial charge in [-0.3, -0.25) is 9.59 Å². The van der Waals surface area contributed by atoms with Crippen LogP contribution in [-0.4, -0.2) is 20.7 Å². The number of aromatic hydroxyl groups is 2. The van der Waals surface area contributed by atoms with E-state index in [1.807, 2.05) is 0 Å². The second kappa shape index (κ2) is 13.1. The van der Waals surface area contributed by atoms with Gasteiger partial charge in [0.05, 0.1) is 11.4 Å². The van der Waals surface area contributed by atoms with Crippen molar-refractivity contribution in [1.82, 2.24) is 4.98 Å². The fourth-order valence-corrected chi connectivity index (χ4v) is 4.98. The van der Waals surface area contributed by atoms with Crippen molar-refractivity contribution in [3.63, 3.8) is 0 Å². The summed E-state index contributed by atoms with van der Waals surface area (Å²) < 4.78 is 17.0. The summed E-state index contributed by atoms with van der Waals surface area (Å²) in [4.78, 5) is 26.6. The van der Waals surface area contributed by atoms with Gasteiger partial charge in [0.25, 0.3) is 11.2 Å². The SMILES string of the molecule is O.O=c1ccc2[n+]([O-])c3ccc(O)cc3oc-2c1.O=c1ccc2nc3ccc([O-])cc3oc-2c1.[O-]c1ccc2c(c1)Oc1cc(O)ccc1N2. The minimum absolute atomic E-state index is 0. The highest BCUT2D eigenvalue weighted by Crippen LogP contribution is 2.44. The Hall–Kier alpha value is -7.32. The Balaban J connectivity index is 0.000000128. The maximum absolute atomic E-state index is 12.0. The van der Waals surface area contributed by atoms with E-state index in [2.05, 4.69) is 10.3 Å². The molecule has 5 aliphatic rings. The van der Waals surface area contributed by atoms with Crippen LogP contribution in [0.4, 0.5) is 11.4 Å². The zero-order valence-electron chi connectivity index (χ0n) is 25.4. The van der Waals surface area contributed by atoms with Crippen molar-refractivity contribution in [2.24, 2.45) is 0 Å². The van der Waals surface area contributed by atoms with E-state index in [9.17, 15) is 35.2 Å². The maximum atomic E-state index is 12.0. The first-order valence-corrected chi connectivity index (χ1v) is 14.5. The summed E-state index contributed by atoms with van der Waals surface area (Å²) >= 11 is 0. The number of phenolic OH excluding ortho intramolecular Hbond substituents is 2. The first kappa shape index (κ1) is 32.6. The molecule has 5 N–H and O–H groups in total. The molecule has 0 atom stereocenters. The van der Waals surface area contributed by atoms with Crippen LogP contribution in [-0.2, 0) is 0 Å². The van der Waals surface area contributed by atoms with Crippen molar-refractivity contribution < 1.29 is 44.2 Å². The molecule has 0 unspecified atom stereocenters. The number of fused-ring (bicyclic) bond motifs is 6. The average molecular weight is 674 g/mol. The summed E-state index contributed by atoms with van der Waals surface area (Å²) in [5.41, 5.74) is 3.55. The number of anilines is 2. The predicted octanol–water partition coefficient (Wildman–Crippen LogP) is 4.09. The van der Waals surface area contributed by atoms with Gasteiger partial charge in [0, 0.05) is 36.4 Å². The van der Waals surface area contributed by atoms with E-state index in [4.69, 9.17) is 13.6 Å².